The Morgan fingerprint density at radius 2 is 1.11 bits per heavy atom. The summed E-state index contributed by atoms with van der Waals surface area (Å²) < 4.78 is 53.8. The highest BCUT2D eigenvalue weighted by Crippen LogP contribution is 2.24. The molecule has 4 N–H and O–H groups in total. The number of hydrogen-bond donors (Lipinski definition) is 4. The third-order valence-corrected chi connectivity index (χ3v) is 9.81. The zero-order chi connectivity index (χ0) is 42.0. The Hall–Kier alpha value is -2.91. The van der Waals surface area contributed by atoms with E-state index in [0.717, 1.165) is 51.4 Å². The second-order valence-corrected chi connectivity index (χ2v) is 15.8. The lowest BCUT2D eigenvalue weighted by Gasteiger charge is -2.40. The number of allylic oxidation sites excluding steroid dienone is 12. The van der Waals surface area contributed by atoms with E-state index in [1.54, 1.807) is 0 Å². The van der Waals surface area contributed by atoms with Crippen LogP contribution in [0.15, 0.2) is 72.9 Å². The summed E-state index contributed by atoms with van der Waals surface area (Å²) in [6.45, 7) is 3.54. The van der Waals surface area contributed by atoms with Crippen LogP contribution in [-0.2, 0) is 38.7 Å². The molecule has 0 radical (unpaired) electrons. The molecule has 6 atom stereocenters. The first-order valence-corrected chi connectivity index (χ1v) is 22.6. The van der Waals surface area contributed by atoms with Crippen LogP contribution in [0.4, 0.5) is 0 Å². The molecule has 0 aromatic heterocycles. The normalized spacial score (nSPS) is 21.3. The molecule has 0 aliphatic carbocycles. The third-order valence-electron chi connectivity index (χ3n) is 9.06. The molecular formula is C44H72O12S. The Morgan fingerprint density at radius 1 is 0.614 bits per heavy atom. The van der Waals surface area contributed by atoms with Gasteiger partial charge in [-0.25, -0.2) is 0 Å². The van der Waals surface area contributed by atoms with Crippen molar-refractivity contribution in [2.24, 2.45) is 0 Å². The summed E-state index contributed by atoms with van der Waals surface area (Å²) in [6, 6.07) is 0. The number of carbonyl (C=O) groups is 2. The lowest BCUT2D eigenvalue weighted by Crippen LogP contribution is -2.60. The van der Waals surface area contributed by atoms with Crippen molar-refractivity contribution in [1.29, 1.82) is 0 Å². The van der Waals surface area contributed by atoms with Crippen molar-refractivity contribution in [3.8, 4) is 0 Å². The van der Waals surface area contributed by atoms with E-state index in [2.05, 4.69) is 68.5 Å². The zero-order valence-electron chi connectivity index (χ0n) is 34.4. The van der Waals surface area contributed by atoms with Gasteiger partial charge in [0.2, 0.25) is 0 Å². The fourth-order valence-corrected chi connectivity index (χ4v) is 6.51. The molecule has 0 amide bonds. The topological polar surface area (TPSA) is 186 Å². The van der Waals surface area contributed by atoms with Crippen molar-refractivity contribution >= 4 is 22.1 Å². The Morgan fingerprint density at radius 3 is 1.61 bits per heavy atom. The summed E-state index contributed by atoms with van der Waals surface area (Å²) in [4.78, 5) is 25.2. The highest BCUT2D eigenvalue weighted by molar-refractivity contribution is 7.85. The lowest BCUT2D eigenvalue weighted by molar-refractivity contribution is -0.297. The molecule has 0 aromatic carbocycles. The van der Waals surface area contributed by atoms with Gasteiger partial charge < -0.3 is 34.3 Å². The first-order valence-electron chi connectivity index (χ1n) is 21.0. The molecule has 1 heterocycles. The minimum Gasteiger partial charge on any atom is -0.462 e. The Kier molecular flexibility index (Phi) is 31.1. The van der Waals surface area contributed by atoms with Gasteiger partial charge in [0.15, 0.2) is 12.4 Å². The fraction of sp³-hybridized carbons (Fsp3) is 0.682. The third kappa shape index (κ3) is 29.0. The Labute approximate surface area is 342 Å². The Balaban J connectivity index is 2.54. The van der Waals surface area contributed by atoms with Gasteiger partial charge in [-0.15, -0.1) is 0 Å². The maximum atomic E-state index is 12.7. The summed E-state index contributed by atoms with van der Waals surface area (Å²) in [6.07, 6.45) is 32.6. The van der Waals surface area contributed by atoms with Gasteiger partial charge in [-0.05, 0) is 51.4 Å². The number of hydrogen-bond acceptors (Lipinski definition) is 11. The average molecular weight is 825 g/mol. The monoisotopic (exact) mass is 824 g/mol. The summed E-state index contributed by atoms with van der Waals surface area (Å²) in [7, 11) is -4.61. The molecule has 2 unspecified atom stereocenters. The molecule has 1 fully saturated rings. The summed E-state index contributed by atoms with van der Waals surface area (Å²) in [5.74, 6) is -2.10. The van der Waals surface area contributed by atoms with Crippen LogP contribution >= 0.6 is 0 Å². The van der Waals surface area contributed by atoms with Crippen molar-refractivity contribution in [3.63, 3.8) is 0 Å². The van der Waals surface area contributed by atoms with Gasteiger partial charge in [0.1, 0.15) is 36.8 Å². The number of ether oxygens (including phenoxy) is 4. The van der Waals surface area contributed by atoms with Crippen LogP contribution in [0.25, 0.3) is 0 Å². The van der Waals surface area contributed by atoms with Crippen LogP contribution in [0.1, 0.15) is 136 Å². The molecule has 12 nitrogen and oxygen atoms in total. The van der Waals surface area contributed by atoms with Gasteiger partial charge in [-0.1, -0.05) is 145 Å². The Bertz CT molecular complexity index is 1340. The smallest absolute Gasteiger partial charge is 0.306 e. The maximum absolute atomic E-state index is 12.7. The molecule has 0 saturated carbocycles. The van der Waals surface area contributed by atoms with Gasteiger partial charge in [0, 0.05) is 12.8 Å². The predicted molar refractivity (Wildman–Crippen MR) is 224 cm³/mol. The van der Waals surface area contributed by atoms with Crippen molar-refractivity contribution in [2.45, 2.75) is 173 Å². The summed E-state index contributed by atoms with van der Waals surface area (Å²) >= 11 is 0. The van der Waals surface area contributed by atoms with Crippen molar-refractivity contribution in [3.05, 3.63) is 72.9 Å². The molecule has 0 aromatic rings. The minimum absolute atomic E-state index is 0.0368. The average Bonchev–Trinajstić information content (AvgIpc) is 3.17. The molecule has 0 bridgehead atoms. The maximum Gasteiger partial charge on any atom is 0.306 e. The van der Waals surface area contributed by atoms with Crippen LogP contribution in [0.3, 0.4) is 0 Å². The van der Waals surface area contributed by atoms with Crippen LogP contribution in [0.5, 0.6) is 0 Å². The predicted octanol–water partition coefficient (Wildman–Crippen LogP) is 7.94. The highest BCUT2D eigenvalue weighted by Gasteiger charge is 2.46. The van der Waals surface area contributed by atoms with E-state index in [9.17, 15) is 37.9 Å². The molecule has 13 heteroatoms. The molecule has 57 heavy (non-hydrogen) atoms. The number of unbranched alkanes of at least 4 members (excludes halogenated alkanes) is 9. The van der Waals surface area contributed by atoms with Crippen LogP contribution in [0.2, 0.25) is 0 Å². The van der Waals surface area contributed by atoms with E-state index in [1.165, 1.54) is 38.5 Å². The largest absolute Gasteiger partial charge is 0.462 e. The van der Waals surface area contributed by atoms with E-state index in [0.29, 0.717) is 19.3 Å². The van der Waals surface area contributed by atoms with Crippen molar-refractivity contribution in [1.82, 2.24) is 0 Å². The van der Waals surface area contributed by atoms with Crippen molar-refractivity contribution in [2.75, 3.05) is 19.0 Å². The molecule has 1 saturated heterocycles. The quantitative estimate of drug-likeness (QED) is 0.0217. The molecule has 1 rings (SSSR count). The second-order valence-electron chi connectivity index (χ2n) is 14.3. The fourth-order valence-electron chi connectivity index (χ4n) is 5.82. The molecule has 326 valence electrons. The summed E-state index contributed by atoms with van der Waals surface area (Å²) in [5.41, 5.74) is 0. The van der Waals surface area contributed by atoms with E-state index >= 15 is 0 Å². The van der Waals surface area contributed by atoms with Gasteiger partial charge in [0.25, 0.3) is 10.1 Å². The minimum atomic E-state index is -4.61. The van der Waals surface area contributed by atoms with E-state index in [1.807, 2.05) is 18.2 Å². The SMILES string of the molecule is CC/C=C/C/C=C/C/C=C/C/C=C/C/C=C/C/C=C/CCC(=O)O[C@H](COC(=O)CCCCCCCCCCCC)CO[C@H]1O[C@H](CS(=O)(=O)O)[C@@H](O)C(O)C1O. The van der Waals surface area contributed by atoms with Crippen LogP contribution in [0, 0.1) is 0 Å². The van der Waals surface area contributed by atoms with E-state index < -0.39 is 71.2 Å². The van der Waals surface area contributed by atoms with Crippen LogP contribution < -0.4 is 0 Å². The van der Waals surface area contributed by atoms with Gasteiger partial charge >= 0.3 is 11.9 Å². The number of rotatable bonds is 33. The van der Waals surface area contributed by atoms with E-state index in [-0.39, 0.29) is 19.4 Å². The standard InChI is InChI=1S/C44H72O12S/c1-3-5-7-9-11-13-15-16-17-18-19-20-21-22-23-25-27-29-31-33-40(46)55-37(34-53-39(45)32-30-28-26-24-14-12-10-8-6-4-2)35-54-44-43(49)42(48)41(47)38(56-44)36-57(50,51)52/h5,7,11,13,16-17,19-20,22-23,27,29,37-38,41-44,47-49H,3-4,6,8-10,12,14-15,18,21,24-26,28,30-36H2,1-2H3,(H,50,51,52)/b7-5+,13-11+,17-16+,20-19+,23-22+,29-27+/t37-,38-,41-,42?,43?,44+/m1/s1. The van der Waals surface area contributed by atoms with Crippen molar-refractivity contribution < 1.29 is 56.8 Å². The second kappa shape index (κ2) is 34.0. The van der Waals surface area contributed by atoms with E-state index in [4.69, 9.17) is 18.9 Å². The first kappa shape index (κ1) is 52.1. The number of aliphatic hydroxyl groups is 3. The highest BCUT2D eigenvalue weighted by atomic mass is 32.2. The van der Waals surface area contributed by atoms with Gasteiger partial charge in [0.05, 0.1) is 6.61 Å². The number of esters is 2. The molecule has 0 spiro atoms. The molecule has 1 aliphatic rings. The van der Waals surface area contributed by atoms with Crippen LogP contribution in [-0.4, -0.2) is 96.0 Å². The first-order chi connectivity index (χ1) is 27.5. The van der Waals surface area contributed by atoms with Gasteiger partial charge in [-0.2, -0.15) is 8.42 Å². The molecule has 1 aliphatic heterocycles. The zero-order valence-corrected chi connectivity index (χ0v) is 35.2. The number of carbonyl (C=O) groups excluding carboxylic acids is 2. The number of aliphatic hydroxyl groups excluding tert-OH is 3. The summed E-state index contributed by atoms with van der Waals surface area (Å²) in [5, 5.41) is 30.8. The van der Waals surface area contributed by atoms with Gasteiger partial charge in [-0.3, -0.25) is 14.1 Å². The molecular weight excluding hydrogens is 753 g/mol. The lowest BCUT2D eigenvalue weighted by atomic mass is 10.00.